The highest BCUT2D eigenvalue weighted by Crippen LogP contribution is 2.27. The number of nitrogens with zero attached hydrogens (tertiary/aromatic N) is 1. The first kappa shape index (κ1) is 14.3. The van der Waals surface area contributed by atoms with Crippen molar-refractivity contribution in [1.82, 2.24) is 10.2 Å². The molecule has 0 spiro atoms. The summed E-state index contributed by atoms with van der Waals surface area (Å²) in [6.45, 7) is 6.12. The molecule has 2 saturated heterocycles. The van der Waals surface area contributed by atoms with Gasteiger partial charge in [-0.3, -0.25) is 4.90 Å². The number of piperidine rings is 1. The van der Waals surface area contributed by atoms with E-state index in [0.29, 0.717) is 12.1 Å². The van der Waals surface area contributed by atoms with Crippen LogP contribution in [-0.4, -0.2) is 56.0 Å². The second-order valence-corrected chi connectivity index (χ2v) is 8.16. The van der Waals surface area contributed by atoms with Crippen LogP contribution in [0.4, 0.5) is 0 Å². The minimum absolute atomic E-state index is 0.0711. The van der Waals surface area contributed by atoms with Gasteiger partial charge in [-0.1, -0.05) is 13.3 Å². The predicted molar refractivity (Wildman–Crippen MR) is 74.5 cm³/mol. The summed E-state index contributed by atoms with van der Waals surface area (Å²) in [4.78, 5) is 2.57. The van der Waals surface area contributed by atoms with Gasteiger partial charge in [-0.05, 0) is 32.7 Å². The van der Waals surface area contributed by atoms with Crippen LogP contribution in [0.1, 0.15) is 39.5 Å². The lowest BCUT2D eigenvalue weighted by Crippen LogP contribution is -2.49. The van der Waals surface area contributed by atoms with E-state index in [9.17, 15) is 8.42 Å². The average Bonchev–Trinajstić information content (AvgIpc) is 2.72. The second kappa shape index (κ2) is 5.88. The standard InChI is InChI=1S/C13H26N2O2S/c1-3-18(16,17)10-11(2)14-12-7-9-15-8-5-4-6-13(12)15/h11-14H,3-10H2,1-2H3. The minimum atomic E-state index is -2.87. The van der Waals surface area contributed by atoms with Gasteiger partial charge in [-0.15, -0.1) is 0 Å². The number of sulfone groups is 1. The molecule has 4 nitrogen and oxygen atoms in total. The Hall–Kier alpha value is -0.130. The Morgan fingerprint density at radius 3 is 2.78 bits per heavy atom. The monoisotopic (exact) mass is 274 g/mol. The quantitative estimate of drug-likeness (QED) is 0.813. The van der Waals surface area contributed by atoms with Gasteiger partial charge in [0.1, 0.15) is 0 Å². The Balaban J connectivity index is 1.86. The largest absolute Gasteiger partial charge is 0.309 e. The predicted octanol–water partition coefficient (Wildman–Crippen LogP) is 1.03. The topological polar surface area (TPSA) is 49.4 Å². The fourth-order valence-electron chi connectivity index (χ4n) is 3.35. The molecule has 2 aliphatic rings. The summed E-state index contributed by atoms with van der Waals surface area (Å²) in [5, 5.41) is 3.55. The van der Waals surface area contributed by atoms with Gasteiger partial charge in [0, 0.05) is 30.4 Å². The highest BCUT2D eigenvalue weighted by atomic mass is 32.2. The maximum Gasteiger partial charge on any atom is 0.151 e. The molecule has 2 fully saturated rings. The molecular formula is C13H26N2O2S. The maximum atomic E-state index is 11.6. The zero-order chi connectivity index (χ0) is 13.2. The summed E-state index contributed by atoms with van der Waals surface area (Å²) < 4.78 is 23.2. The number of hydrogen-bond acceptors (Lipinski definition) is 4. The third kappa shape index (κ3) is 3.45. The van der Waals surface area contributed by atoms with E-state index in [1.807, 2.05) is 6.92 Å². The van der Waals surface area contributed by atoms with Crippen LogP contribution in [0.15, 0.2) is 0 Å². The SMILES string of the molecule is CCS(=O)(=O)CC(C)NC1CCN2CCCCC12. The van der Waals surface area contributed by atoms with Crippen molar-refractivity contribution in [1.29, 1.82) is 0 Å². The zero-order valence-electron chi connectivity index (χ0n) is 11.6. The van der Waals surface area contributed by atoms with Gasteiger partial charge in [0.05, 0.1) is 5.75 Å². The molecule has 0 aromatic rings. The van der Waals surface area contributed by atoms with Gasteiger partial charge in [-0.25, -0.2) is 8.42 Å². The highest BCUT2D eigenvalue weighted by molar-refractivity contribution is 7.91. The molecule has 0 bridgehead atoms. The van der Waals surface area contributed by atoms with Crippen molar-refractivity contribution in [3.05, 3.63) is 0 Å². The molecule has 0 saturated carbocycles. The molecule has 3 atom stereocenters. The maximum absolute atomic E-state index is 11.6. The van der Waals surface area contributed by atoms with E-state index in [1.165, 1.54) is 38.8 Å². The van der Waals surface area contributed by atoms with Crippen LogP contribution in [0.5, 0.6) is 0 Å². The Morgan fingerprint density at radius 1 is 1.28 bits per heavy atom. The minimum Gasteiger partial charge on any atom is -0.309 e. The summed E-state index contributed by atoms with van der Waals surface area (Å²) >= 11 is 0. The lowest BCUT2D eigenvalue weighted by Gasteiger charge is -2.33. The van der Waals surface area contributed by atoms with Crippen molar-refractivity contribution in [2.75, 3.05) is 24.6 Å². The molecular weight excluding hydrogens is 248 g/mol. The number of nitrogens with one attached hydrogen (secondary N) is 1. The molecule has 2 heterocycles. The Labute approximate surface area is 111 Å². The molecule has 2 aliphatic heterocycles. The first-order chi connectivity index (χ1) is 8.52. The van der Waals surface area contributed by atoms with Crippen LogP contribution in [-0.2, 0) is 9.84 Å². The molecule has 106 valence electrons. The van der Waals surface area contributed by atoms with E-state index in [2.05, 4.69) is 10.2 Å². The van der Waals surface area contributed by atoms with Gasteiger partial charge >= 0.3 is 0 Å². The van der Waals surface area contributed by atoms with Crippen molar-refractivity contribution in [3.8, 4) is 0 Å². The van der Waals surface area contributed by atoms with E-state index >= 15 is 0 Å². The van der Waals surface area contributed by atoms with Gasteiger partial charge in [0.2, 0.25) is 0 Å². The van der Waals surface area contributed by atoms with E-state index in [-0.39, 0.29) is 17.5 Å². The van der Waals surface area contributed by atoms with Gasteiger partial charge < -0.3 is 5.32 Å². The van der Waals surface area contributed by atoms with Crippen molar-refractivity contribution < 1.29 is 8.42 Å². The lowest BCUT2D eigenvalue weighted by atomic mass is 9.98. The van der Waals surface area contributed by atoms with E-state index < -0.39 is 9.84 Å². The van der Waals surface area contributed by atoms with Crippen LogP contribution in [0, 0.1) is 0 Å². The Morgan fingerprint density at radius 2 is 2.06 bits per heavy atom. The number of rotatable bonds is 5. The molecule has 1 N–H and O–H groups in total. The third-order valence-electron chi connectivity index (χ3n) is 4.30. The van der Waals surface area contributed by atoms with Crippen LogP contribution in [0.3, 0.4) is 0 Å². The van der Waals surface area contributed by atoms with Crippen molar-refractivity contribution in [2.45, 2.75) is 57.7 Å². The van der Waals surface area contributed by atoms with Crippen molar-refractivity contribution >= 4 is 9.84 Å². The first-order valence-corrected chi connectivity index (χ1v) is 9.04. The average molecular weight is 274 g/mol. The molecule has 2 rings (SSSR count). The van der Waals surface area contributed by atoms with Gasteiger partial charge in [0.15, 0.2) is 9.84 Å². The molecule has 5 heteroatoms. The van der Waals surface area contributed by atoms with Gasteiger partial charge in [0.25, 0.3) is 0 Å². The molecule has 0 aliphatic carbocycles. The van der Waals surface area contributed by atoms with Crippen molar-refractivity contribution in [3.63, 3.8) is 0 Å². The highest BCUT2D eigenvalue weighted by Gasteiger charge is 2.36. The van der Waals surface area contributed by atoms with Gasteiger partial charge in [-0.2, -0.15) is 0 Å². The van der Waals surface area contributed by atoms with Crippen molar-refractivity contribution in [2.24, 2.45) is 0 Å². The Bertz CT molecular complexity index is 369. The van der Waals surface area contributed by atoms with E-state index in [4.69, 9.17) is 0 Å². The second-order valence-electron chi connectivity index (χ2n) is 5.76. The first-order valence-electron chi connectivity index (χ1n) is 7.22. The van der Waals surface area contributed by atoms with Crippen LogP contribution >= 0.6 is 0 Å². The fourth-order valence-corrected chi connectivity index (χ4v) is 4.45. The molecule has 18 heavy (non-hydrogen) atoms. The third-order valence-corrected chi connectivity index (χ3v) is 6.19. The summed E-state index contributed by atoms with van der Waals surface area (Å²) in [5.74, 6) is 0.520. The Kier molecular flexibility index (Phi) is 4.67. The normalized spacial score (nSPS) is 31.2. The summed E-state index contributed by atoms with van der Waals surface area (Å²) in [6, 6.07) is 1.21. The zero-order valence-corrected chi connectivity index (χ0v) is 12.4. The molecule has 0 radical (unpaired) electrons. The molecule has 3 unspecified atom stereocenters. The fraction of sp³-hybridized carbons (Fsp3) is 1.00. The van der Waals surface area contributed by atoms with Crippen LogP contribution in [0.25, 0.3) is 0 Å². The number of hydrogen-bond donors (Lipinski definition) is 1. The lowest BCUT2D eigenvalue weighted by molar-refractivity contribution is 0.178. The number of fused-ring (bicyclic) bond motifs is 1. The van der Waals surface area contributed by atoms with Crippen LogP contribution in [0.2, 0.25) is 0 Å². The summed E-state index contributed by atoms with van der Waals surface area (Å²) in [7, 11) is -2.87. The van der Waals surface area contributed by atoms with Crippen LogP contribution < -0.4 is 5.32 Å². The molecule has 0 aromatic heterocycles. The molecule has 0 amide bonds. The van der Waals surface area contributed by atoms with E-state index in [0.717, 1.165) is 0 Å². The molecule has 0 aromatic carbocycles. The smallest absolute Gasteiger partial charge is 0.151 e. The van der Waals surface area contributed by atoms with E-state index in [1.54, 1.807) is 6.92 Å². The summed E-state index contributed by atoms with van der Waals surface area (Å²) in [6.07, 6.45) is 5.08. The summed E-state index contributed by atoms with van der Waals surface area (Å²) in [5.41, 5.74) is 0.